The molecule has 29 heavy (non-hydrogen) atoms. The largest absolute Gasteiger partial charge is 0.343 e. The Balaban J connectivity index is 1.44. The molecule has 0 N–H and O–H groups in total. The zero-order valence-corrected chi connectivity index (χ0v) is 17.2. The van der Waals surface area contributed by atoms with Crippen molar-refractivity contribution in [2.45, 2.75) is 30.6 Å². The summed E-state index contributed by atoms with van der Waals surface area (Å²) in [5, 5.41) is 8.93. The first kappa shape index (κ1) is 21.3. The topological polar surface area (TPSA) is 102 Å². The van der Waals surface area contributed by atoms with Crippen LogP contribution in [0, 0.1) is 17.2 Å². The molecule has 2 aliphatic heterocycles. The van der Waals surface area contributed by atoms with Crippen LogP contribution in [0.1, 0.15) is 25.7 Å². The summed E-state index contributed by atoms with van der Waals surface area (Å²) in [5.41, 5.74) is 0. The standard InChI is InChI=1S/C20H26N4O4S/c21-16-17-8-10-22(11-9-17)19(25)6-7-20(26)23-12-14-24(15-13-23)29(27,28)18-4-2-1-3-5-18/h1-5,17H,6-15H2. The summed E-state index contributed by atoms with van der Waals surface area (Å²) in [4.78, 5) is 28.4. The second kappa shape index (κ2) is 9.37. The number of likely N-dealkylation sites (tertiary alicyclic amines) is 1. The van der Waals surface area contributed by atoms with Gasteiger partial charge in [0.25, 0.3) is 0 Å². The number of hydrogen-bond donors (Lipinski definition) is 0. The van der Waals surface area contributed by atoms with Crippen molar-refractivity contribution in [3.8, 4) is 6.07 Å². The van der Waals surface area contributed by atoms with Gasteiger partial charge in [0, 0.05) is 58.0 Å². The Kier molecular flexibility index (Phi) is 6.87. The molecule has 2 amide bonds. The fraction of sp³-hybridized carbons (Fsp3) is 0.550. The van der Waals surface area contributed by atoms with E-state index in [9.17, 15) is 18.0 Å². The predicted octanol–water partition coefficient (Wildman–Crippen LogP) is 1.06. The molecule has 2 saturated heterocycles. The number of benzene rings is 1. The van der Waals surface area contributed by atoms with Gasteiger partial charge in [-0.15, -0.1) is 0 Å². The van der Waals surface area contributed by atoms with Gasteiger partial charge in [0.05, 0.1) is 11.0 Å². The quantitative estimate of drug-likeness (QED) is 0.712. The van der Waals surface area contributed by atoms with E-state index in [1.54, 1.807) is 40.1 Å². The summed E-state index contributed by atoms with van der Waals surface area (Å²) < 4.78 is 26.7. The minimum atomic E-state index is -3.55. The highest BCUT2D eigenvalue weighted by atomic mass is 32.2. The van der Waals surface area contributed by atoms with Crippen molar-refractivity contribution < 1.29 is 18.0 Å². The van der Waals surface area contributed by atoms with Gasteiger partial charge in [-0.2, -0.15) is 9.57 Å². The van der Waals surface area contributed by atoms with Crippen LogP contribution in [0.2, 0.25) is 0 Å². The smallest absolute Gasteiger partial charge is 0.243 e. The van der Waals surface area contributed by atoms with Gasteiger partial charge in [0.2, 0.25) is 21.8 Å². The number of nitriles is 1. The lowest BCUT2D eigenvalue weighted by molar-refractivity contribution is -0.138. The molecule has 0 unspecified atom stereocenters. The van der Waals surface area contributed by atoms with Crippen molar-refractivity contribution in [2.75, 3.05) is 39.3 Å². The Bertz CT molecular complexity index is 865. The second-order valence-electron chi connectivity index (χ2n) is 7.38. The molecule has 0 aromatic heterocycles. The summed E-state index contributed by atoms with van der Waals surface area (Å²) >= 11 is 0. The van der Waals surface area contributed by atoms with E-state index in [0.29, 0.717) is 39.0 Å². The van der Waals surface area contributed by atoms with Gasteiger partial charge in [0.1, 0.15) is 0 Å². The van der Waals surface area contributed by atoms with Crippen molar-refractivity contribution >= 4 is 21.8 Å². The summed E-state index contributed by atoms with van der Waals surface area (Å²) in [6.07, 6.45) is 1.66. The van der Waals surface area contributed by atoms with Crippen LogP contribution >= 0.6 is 0 Å². The molecule has 1 aromatic rings. The van der Waals surface area contributed by atoms with E-state index in [2.05, 4.69) is 6.07 Å². The molecular weight excluding hydrogens is 392 g/mol. The fourth-order valence-corrected chi connectivity index (χ4v) is 5.15. The number of carbonyl (C=O) groups is 2. The molecule has 0 spiro atoms. The molecule has 156 valence electrons. The first-order valence-corrected chi connectivity index (χ1v) is 11.4. The molecule has 0 saturated carbocycles. The third-order valence-corrected chi connectivity index (χ3v) is 7.47. The number of sulfonamides is 1. The molecule has 8 nitrogen and oxygen atoms in total. The first-order valence-electron chi connectivity index (χ1n) is 9.92. The van der Waals surface area contributed by atoms with Gasteiger partial charge in [-0.25, -0.2) is 8.42 Å². The molecule has 9 heteroatoms. The van der Waals surface area contributed by atoms with Crippen molar-refractivity contribution in [3.05, 3.63) is 30.3 Å². The number of carbonyl (C=O) groups excluding carboxylic acids is 2. The Morgan fingerprint density at radius 1 is 0.897 bits per heavy atom. The molecular formula is C20H26N4O4S. The Morgan fingerprint density at radius 2 is 1.41 bits per heavy atom. The summed E-state index contributed by atoms with van der Waals surface area (Å²) in [6.45, 7) is 2.29. The number of hydrogen-bond acceptors (Lipinski definition) is 5. The highest BCUT2D eigenvalue weighted by Crippen LogP contribution is 2.19. The van der Waals surface area contributed by atoms with Crippen LogP contribution in [0.25, 0.3) is 0 Å². The molecule has 3 rings (SSSR count). The van der Waals surface area contributed by atoms with Gasteiger partial charge in [-0.05, 0) is 25.0 Å². The molecule has 0 atom stereocenters. The average Bonchev–Trinajstić information content (AvgIpc) is 2.78. The van der Waals surface area contributed by atoms with Crippen LogP contribution in [0.15, 0.2) is 35.2 Å². The third-order valence-electron chi connectivity index (χ3n) is 5.56. The lowest BCUT2D eigenvalue weighted by atomic mass is 9.98. The molecule has 1 aromatic carbocycles. The van der Waals surface area contributed by atoms with Crippen molar-refractivity contribution in [1.29, 1.82) is 5.26 Å². The zero-order valence-electron chi connectivity index (χ0n) is 16.4. The maximum Gasteiger partial charge on any atom is 0.243 e. The number of amides is 2. The molecule has 0 radical (unpaired) electrons. The molecule has 2 heterocycles. The van der Waals surface area contributed by atoms with Crippen LogP contribution < -0.4 is 0 Å². The maximum atomic E-state index is 12.7. The molecule has 0 aliphatic carbocycles. The van der Waals surface area contributed by atoms with Crippen LogP contribution in [0.4, 0.5) is 0 Å². The lowest BCUT2D eigenvalue weighted by Gasteiger charge is -2.34. The number of rotatable bonds is 5. The summed E-state index contributed by atoms with van der Waals surface area (Å²) in [6, 6.07) is 10.5. The second-order valence-corrected chi connectivity index (χ2v) is 9.32. The van der Waals surface area contributed by atoms with E-state index in [1.807, 2.05) is 0 Å². The normalized spacial score (nSPS) is 19.0. The van der Waals surface area contributed by atoms with Crippen LogP contribution in [0.5, 0.6) is 0 Å². The maximum absolute atomic E-state index is 12.7. The van der Waals surface area contributed by atoms with Gasteiger partial charge >= 0.3 is 0 Å². The average molecular weight is 419 g/mol. The highest BCUT2D eigenvalue weighted by Gasteiger charge is 2.30. The van der Waals surface area contributed by atoms with Gasteiger partial charge < -0.3 is 9.80 Å². The van der Waals surface area contributed by atoms with Crippen LogP contribution in [-0.4, -0.2) is 73.6 Å². The molecule has 0 bridgehead atoms. The first-order chi connectivity index (χ1) is 13.9. The Morgan fingerprint density at radius 3 is 1.93 bits per heavy atom. The van der Waals surface area contributed by atoms with E-state index in [4.69, 9.17) is 5.26 Å². The SMILES string of the molecule is N#CC1CCN(C(=O)CCC(=O)N2CCN(S(=O)(=O)c3ccccc3)CC2)CC1. The summed E-state index contributed by atoms with van der Waals surface area (Å²) in [7, 11) is -3.55. The lowest BCUT2D eigenvalue weighted by Crippen LogP contribution is -2.50. The van der Waals surface area contributed by atoms with Crippen LogP contribution in [0.3, 0.4) is 0 Å². The minimum Gasteiger partial charge on any atom is -0.343 e. The predicted molar refractivity (Wildman–Crippen MR) is 106 cm³/mol. The van der Waals surface area contributed by atoms with Gasteiger partial charge in [-0.3, -0.25) is 9.59 Å². The van der Waals surface area contributed by atoms with E-state index in [1.165, 1.54) is 4.31 Å². The third kappa shape index (κ3) is 5.14. The Labute approximate surface area is 171 Å². The zero-order chi connectivity index (χ0) is 20.9. The molecule has 2 aliphatic rings. The van der Waals surface area contributed by atoms with Gasteiger partial charge in [-0.1, -0.05) is 18.2 Å². The van der Waals surface area contributed by atoms with Crippen LogP contribution in [-0.2, 0) is 19.6 Å². The monoisotopic (exact) mass is 418 g/mol. The van der Waals surface area contributed by atoms with Crippen molar-refractivity contribution in [2.24, 2.45) is 5.92 Å². The minimum absolute atomic E-state index is 0.0177. The fourth-order valence-electron chi connectivity index (χ4n) is 3.71. The van der Waals surface area contributed by atoms with E-state index in [-0.39, 0.29) is 48.6 Å². The van der Waals surface area contributed by atoms with E-state index < -0.39 is 10.0 Å². The number of piperidine rings is 1. The summed E-state index contributed by atoms with van der Waals surface area (Å²) in [5.74, 6) is -0.161. The highest BCUT2D eigenvalue weighted by molar-refractivity contribution is 7.89. The van der Waals surface area contributed by atoms with Gasteiger partial charge in [0.15, 0.2) is 0 Å². The number of nitrogens with zero attached hydrogens (tertiary/aromatic N) is 4. The van der Waals surface area contributed by atoms with E-state index >= 15 is 0 Å². The Hall–Kier alpha value is -2.44. The molecule has 2 fully saturated rings. The van der Waals surface area contributed by atoms with E-state index in [0.717, 1.165) is 0 Å². The number of piperazine rings is 1. The van der Waals surface area contributed by atoms with Crippen molar-refractivity contribution in [1.82, 2.24) is 14.1 Å². The van der Waals surface area contributed by atoms with Crippen molar-refractivity contribution in [3.63, 3.8) is 0 Å².